The molecule has 0 heterocycles. The third kappa shape index (κ3) is 6.26. The van der Waals surface area contributed by atoms with Crippen LogP contribution < -0.4 is 15.8 Å². The summed E-state index contributed by atoms with van der Waals surface area (Å²) in [6, 6.07) is 2.18. The number of carbonyl (C=O) groups is 1. The molecular formula is C16H24F3N3O3S. The van der Waals surface area contributed by atoms with Gasteiger partial charge >= 0.3 is 6.18 Å². The zero-order chi connectivity index (χ0) is 20.1. The lowest BCUT2D eigenvalue weighted by atomic mass is 10.0. The molecule has 2 atom stereocenters. The summed E-state index contributed by atoms with van der Waals surface area (Å²) in [4.78, 5) is 11.2. The Kier molecular flexibility index (Phi) is 7.60. The van der Waals surface area contributed by atoms with E-state index in [2.05, 4.69) is 5.32 Å². The number of amides is 1. The minimum absolute atomic E-state index is 0.167. The lowest BCUT2D eigenvalue weighted by Crippen LogP contribution is -2.50. The number of hydrogen-bond acceptors (Lipinski definition) is 4. The largest absolute Gasteiger partial charge is 0.417 e. The number of nitrogens with one attached hydrogen (secondary N) is 2. The van der Waals surface area contributed by atoms with Crippen molar-refractivity contribution in [3.63, 3.8) is 0 Å². The number of carbonyl (C=O) groups excluding carboxylic acids is 1. The molecule has 0 spiro atoms. The molecule has 6 nitrogen and oxygen atoms in total. The minimum Gasteiger partial charge on any atom is -0.351 e. The Labute approximate surface area is 151 Å². The van der Waals surface area contributed by atoms with Crippen molar-refractivity contribution < 1.29 is 26.4 Å². The van der Waals surface area contributed by atoms with Crippen molar-refractivity contribution in [2.45, 2.75) is 50.3 Å². The molecule has 0 aromatic heterocycles. The van der Waals surface area contributed by atoms with Crippen LogP contribution in [0.5, 0.6) is 0 Å². The molecule has 0 bridgehead atoms. The van der Waals surface area contributed by atoms with Gasteiger partial charge in [0.15, 0.2) is 0 Å². The van der Waals surface area contributed by atoms with E-state index in [0.29, 0.717) is 12.5 Å². The minimum atomic E-state index is -4.83. The zero-order valence-corrected chi connectivity index (χ0v) is 15.6. The monoisotopic (exact) mass is 395 g/mol. The molecule has 1 aromatic rings. The first-order valence-electron chi connectivity index (χ1n) is 8.07. The smallest absolute Gasteiger partial charge is 0.351 e. The van der Waals surface area contributed by atoms with Gasteiger partial charge in [0.25, 0.3) is 0 Å². The fourth-order valence-corrected chi connectivity index (χ4v) is 3.82. The van der Waals surface area contributed by atoms with E-state index >= 15 is 0 Å². The van der Waals surface area contributed by atoms with E-state index in [-0.39, 0.29) is 18.5 Å². The second kappa shape index (κ2) is 8.83. The maximum atomic E-state index is 13.0. The molecule has 1 amide bonds. The SMILES string of the molecule is CC(C)CC(CN)NC(=O)C(C)NS(=O)(=O)c1ccccc1C(F)(F)F. The van der Waals surface area contributed by atoms with Crippen molar-refractivity contribution in [3.8, 4) is 0 Å². The molecule has 1 rings (SSSR count). The zero-order valence-electron chi connectivity index (χ0n) is 14.8. The van der Waals surface area contributed by atoms with Gasteiger partial charge in [-0.1, -0.05) is 26.0 Å². The third-order valence-electron chi connectivity index (χ3n) is 3.59. The Bertz CT molecular complexity index is 721. The number of alkyl halides is 3. The Balaban J connectivity index is 2.95. The number of sulfonamides is 1. The van der Waals surface area contributed by atoms with Crippen molar-refractivity contribution in [2.24, 2.45) is 11.7 Å². The summed E-state index contributed by atoms with van der Waals surface area (Å²) in [5.74, 6) is -0.399. The summed E-state index contributed by atoms with van der Waals surface area (Å²) in [6.45, 7) is 5.30. The molecule has 0 aliphatic rings. The molecule has 4 N–H and O–H groups in total. The molecule has 0 aliphatic heterocycles. The number of nitrogens with two attached hydrogens (primary N) is 1. The van der Waals surface area contributed by atoms with E-state index < -0.39 is 38.6 Å². The quantitative estimate of drug-likeness (QED) is 0.625. The summed E-state index contributed by atoms with van der Waals surface area (Å²) in [5, 5.41) is 2.60. The summed E-state index contributed by atoms with van der Waals surface area (Å²) in [7, 11) is -4.55. The number of hydrogen-bond donors (Lipinski definition) is 3. The van der Waals surface area contributed by atoms with Crippen LogP contribution in [-0.4, -0.2) is 33.0 Å². The lowest BCUT2D eigenvalue weighted by molar-refractivity contribution is -0.139. The second-order valence-corrected chi connectivity index (χ2v) is 8.09. The fraction of sp³-hybridized carbons (Fsp3) is 0.562. The molecular weight excluding hydrogens is 371 g/mol. The topological polar surface area (TPSA) is 101 Å². The molecule has 26 heavy (non-hydrogen) atoms. The summed E-state index contributed by atoms with van der Waals surface area (Å²) >= 11 is 0. The van der Waals surface area contributed by atoms with Crippen molar-refractivity contribution in [1.29, 1.82) is 0 Å². The Morgan fingerprint density at radius 3 is 2.27 bits per heavy atom. The number of halogens is 3. The molecule has 0 saturated carbocycles. The summed E-state index contributed by atoms with van der Waals surface area (Å²) in [6.07, 6.45) is -4.24. The van der Waals surface area contributed by atoms with Gasteiger partial charge in [-0.05, 0) is 31.4 Å². The van der Waals surface area contributed by atoms with Gasteiger partial charge in [0.1, 0.15) is 0 Å². The Morgan fingerprint density at radius 1 is 1.19 bits per heavy atom. The number of benzene rings is 1. The van der Waals surface area contributed by atoms with Crippen molar-refractivity contribution in [2.75, 3.05) is 6.54 Å². The van der Waals surface area contributed by atoms with Crippen molar-refractivity contribution in [1.82, 2.24) is 10.0 Å². The molecule has 0 radical (unpaired) electrons. The maximum Gasteiger partial charge on any atom is 0.417 e. The van der Waals surface area contributed by atoms with Crippen LogP contribution in [0.25, 0.3) is 0 Å². The van der Waals surface area contributed by atoms with Crippen LogP contribution >= 0.6 is 0 Å². The van der Waals surface area contributed by atoms with Gasteiger partial charge in [-0.3, -0.25) is 4.79 Å². The van der Waals surface area contributed by atoms with Crippen LogP contribution in [-0.2, 0) is 21.0 Å². The fourth-order valence-electron chi connectivity index (χ4n) is 2.39. The normalized spacial score (nSPS) is 14.9. The van der Waals surface area contributed by atoms with E-state index in [1.165, 1.54) is 13.0 Å². The molecule has 0 saturated heterocycles. The van der Waals surface area contributed by atoms with E-state index in [1.54, 1.807) is 0 Å². The van der Waals surface area contributed by atoms with Crippen LogP contribution in [0.15, 0.2) is 29.2 Å². The highest BCUT2D eigenvalue weighted by molar-refractivity contribution is 7.89. The van der Waals surface area contributed by atoms with E-state index in [1.807, 2.05) is 18.6 Å². The molecule has 10 heteroatoms. The van der Waals surface area contributed by atoms with Crippen LogP contribution in [0.2, 0.25) is 0 Å². The summed E-state index contributed by atoms with van der Waals surface area (Å²) in [5.41, 5.74) is 4.29. The Morgan fingerprint density at radius 2 is 1.77 bits per heavy atom. The predicted octanol–water partition coefficient (Wildman–Crippen LogP) is 1.86. The second-order valence-electron chi connectivity index (χ2n) is 6.41. The van der Waals surface area contributed by atoms with E-state index in [9.17, 15) is 26.4 Å². The van der Waals surface area contributed by atoms with E-state index in [0.717, 1.165) is 12.1 Å². The first-order chi connectivity index (χ1) is 11.9. The average Bonchev–Trinajstić information content (AvgIpc) is 2.52. The van der Waals surface area contributed by atoms with Gasteiger partial charge in [0.05, 0.1) is 16.5 Å². The highest BCUT2D eigenvalue weighted by Crippen LogP contribution is 2.33. The predicted molar refractivity (Wildman–Crippen MR) is 91.7 cm³/mol. The lowest BCUT2D eigenvalue weighted by Gasteiger charge is -2.22. The number of rotatable bonds is 8. The summed E-state index contributed by atoms with van der Waals surface area (Å²) < 4.78 is 65.7. The van der Waals surface area contributed by atoms with Crippen molar-refractivity contribution in [3.05, 3.63) is 29.8 Å². The highest BCUT2D eigenvalue weighted by Gasteiger charge is 2.37. The molecule has 148 valence electrons. The van der Waals surface area contributed by atoms with Gasteiger partial charge in [-0.15, -0.1) is 0 Å². The van der Waals surface area contributed by atoms with Crippen LogP contribution in [0.4, 0.5) is 13.2 Å². The van der Waals surface area contributed by atoms with Gasteiger partial charge in [-0.2, -0.15) is 17.9 Å². The molecule has 1 aromatic carbocycles. The van der Waals surface area contributed by atoms with Crippen molar-refractivity contribution >= 4 is 15.9 Å². The third-order valence-corrected chi connectivity index (χ3v) is 5.19. The van der Waals surface area contributed by atoms with E-state index in [4.69, 9.17) is 5.73 Å². The van der Waals surface area contributed by atoms with Gasteiger partial charge in [-0.25, -0.2) is 8.42 Å². The van der Waals surface area contributed by atoms with Gasteiger partial charge < -0.3 is 11.1 Å². The maximum absolute atomic E-state index is 13.0. The van der Waals surface area contributed by atoms with Crippen LogP contribution in [0.1, 0.15) is 32.8 Å². The standard InChI is InChI=1S/C16H24F3N3O3S/c1-10(2)8-12(9-20)21-15(23)11(3)22-26(24,25)14-7-5-4-6-13(14)16(17,18)19/h4-7,10-12,22H,8-9,20H2,1-3H3,(H,21,23). The van der Waals surface area contributed by atoms with Gasteiger partial charge in [0, 0.05) is 12.6 Å². The molecule has 0 aliphatic carbocycles. The van der Waals surface area contributed by atoms with Crippen LogP contribution in [0.3, 0.4) is 0 Å². The average molecular weight is 395 g/mol. The van der Waals surface area contributed by atoms with Gasteiger partial charge in [0.2, 0.25) is 15.9 Å². The van der Waals surface area contributed by atoms with Crippen LogP contribution in [0, 0.1) is 5.92 Å². The molecule has 2 unspecified atom stereocenters. The first-order valence-corrected chi connectivity index (χ1v) is 9.55. The Hall–Kier alpha value is -1.65. The molecule has 0 fully saturated rings. The first kappa shape index (κ1) is 22.4. The highest BCUT2D eigenvalue weighted by atomic mass is 32.2.